The number of rotatable bonds is 9. The predicted octanol–water partition coefficient (Wildman–Crippen LogP) is 2.62. The molecule has 0 unspecified atom stereocenters. The van der Waals surface area contributed by atoms with Crippen molar-refractivity contribution in [2.75, 3.05) is 19.7 Å². The van der Waals surface area contributed by atoms with E-state index in [9.17, 15) is 9.59 Å². The number of nitrogens with zero attached hydrogens (tertiary/aromatic N) is 1. The van der Waals surface area contributed by atoms with E-state index in [1.54, 1.807) is 11.8 Å². The Kier molecular flexibility index (Phi) is 7.50. The van der Waals surface area contributed by atoms with Gasteiger partial charge in [0.15, 0.2) is 0 Å². The molecule has 2 amide bonds. The first kappa shape index (κ1) is 18.5. The van der Waals surface area contributed by atoms with E-state index in [1.165, 1.54) is 0 Å². The van der Waals surface area contributed by atoms with Gasteiger partial charge in [0.05, 0.1) is 13.0 Å². The van der Waals surface area contributed by atoms with E-state index < -0.39 is 0 Å². The quantitative estimate of drug-likeness (QED) is 0.763. The fourth-order valence-electron chi connectivity index (χ4n) is 2.35. The highest BCUT2D eigenvalue weighted by atomic mass is 16.5. The molecule has 0 bridgehead atoms. The molecule has 5 nitrogen and oxygen atoms in total. The highest BCUT2D eigenvalue weighted by Gasteiger charge is 2.10. The summed E-state index contributed by atoms with van der Waals surface area (Å²) in [7, 11) is 0. The van der Waals surface area contributed by atoms with Crippen molar-refractivity contribution in [1.29, 1.82) is 0 Å². The molecule has 2 aromatic carbocycles. The minimum atomic E-state index is -0.0841. The van der Waals surface area contributed by atoms with E-state index in [1.807, 2.05) is 60.7 Å². The van der Waals surface area contributed by atoms with Gasteiger partial charge in [-0.05, 0) is 17.7 Å². The van der Waals surface area contributed by atoms with E-state index in [4.69, 9.17) is 4.74 Å². The summed E-state index contributed by atoms with van der Waals surface area (Å²) < 4.78 is 5.50. The summed E-state index contributed by atoms with van der Waals surface area (Å²) in [5.74, 6) is 0.658. The standard InChI is InChI=1S/C20H24N2O3/c1-17(23)22(16-18-8-4-2-5-9-18)14-13-21-20(24)12-15-25-19-10-6-3-7-11-19/h2-11H,12-16H2,1H3,(H,21,24). The monoisotopic (exact) mass is 340 g/mol. The van der Waals surface area contributed by atoms with E-state index in [-0.39, 0.29) is 18.2 Å². The molecule has 0 heterocycles. The molecule has 0 saturated carbocycles. The highest BCUT2D eigenvalue weighted by Crippen LogP contribution is 2.08. The molecule has 0 spiro atoms. The van der Waals surface area contributed by atoms with Gasteiger partial charge in [-0.25, -0.2) is 0 Å². The van der Waals surface area contributed by atoms with Gasteiger partial charge in [-0.3, -0.25) is 9.59 Å². The van der Waals surface area contributed by atoms with E-state index in [0.29, 0.717) is 26.2 Å². The third kappa shape index (κ3) is 7.08. The minimum Gasteiger partial charge on any atom is -0.493 e. The Labute approximate surface area is 148 Å². The zero-order chi connectivity index (χ0) is 17.9. The average molecular weight is 340 g/mol. The lowest BCUT2D eigenvalue weighted by molar-refractivity contribution is -0.130. The molecule has 1 N–H and O–H groups in total. The van der Waals surface area contributed by atoms with E-state index in [0.717, 1.165) is 11.3 Å². The van der Waals surface area contributed by atoms with Crippen LogP contribution in [0.5, 0.6) is 5.75 Å². The van der Waals surface area contributed by atoms with Crippen LogP contribution in [-0.4, -0.2) is 36.4 Å². The SMILES string of the molecule is CC(=O)N(CCNC(=O)CCOc1ccccc1)Cc1ccccc1. The molecule has 25 heavy (non-hydrogen) atoms. The van der Waals surface area contributed by atoms with Crippen molar-refractivity contribution in [3.63, 3.8) is 0 Å². The summed E-state index contributed by atoms with van der Waals surface area (Å²) in [6.07, 6.45) is 0.285. The topological polar surface area (TPSA) is 58.6 Å². The first-order valence-corrected chi connectivity index (χ1v) is 8.39. The summed E-state index contributed by atoms with van der Waals surface area (Å²) >= 11 is 0. The Hall–Kier alpha value is -2.82. The van der Waals surface area contributed by atoms with Crippen LogP contribution in [-0.2, 0) is 16.1 Å². The molecule has 0 fully saturated rings. The highest BCUT2D eigenvalue weighted by molar-refractivity contribution is 5.76. The van der Waals surface area contributed by atoms with Gasteiger partial charge in [-0.15, -0.1) is 0 Å². The maximum atomic E-state index is 11.8. The van der Waals surface area contributed by atoms with Gasteiger partial charge in [-0.1, -0.05) is 48.5 Å². The van der Waals surface area contributed by atoms with Crippen molar-refractivity contribution in [3.05, 3.63) is 66.2 Å². The molecule has 0 radical (unpaired) electrons. The first-order valence-electron chi connectivity index (χ1n) is 8.39. The zero-order valence-corrected chi connectivity index (χ0v) is 14.5. The molecule has 0 aliphatic heterocycles. The maximum absolute atomic E-state index is 11.8. The molecular weight excluding hydrogens is 316 g/mol. The van der Waals surface area contributed by atoms with Crippen molar-refractivity contribution in [3.8, 4) is 5.75 Å². The number of carbonyl (C=O) groups is 2. The predicted molar refractivity (Wildman–Crippen MR) is 97.1 cm³/mol. The molecule has 5 heteroatoms. The molecule has 0 saturated heterocycles. The molecule has 0 aliphatic rings. The number of hydrogen-bond acceptors (Lipinski definition) is 3. The van der Waals surface area contributed by atoms with Crippen LogP contribution in [0, 0.1) is 0 Å². The van der Waals surface area contributed by atoms with Crippen LogP contribution in [0.1, 0.15) is 18.9 Å². The Morgan fingerprint density at radius 1 is 1.00 bits per heavy atom. The lowest BCUT2D eigenvalue weighted by atomic mass is 10.2. The van der Waals surface area contributed by atoms with Gasteiger partial charge >= 0.3 is 0 Å². The van der Waals surface area contributed by atoms with E-state index >= 15 is 0 Å². The minimum absolute atomic E-state index is 0.00878. The molecule has 0 aliphatic carbocycles. The fourth-order valence-corrected chi connectivity index (χ4v) is 2.35. The van der Waals surface area contributed by atoms with Crippen molar-refractivity contribution in [2.45, 2.75) is 19.9 Å². The number of para-hydroxylation sites is 1. The van der Waals surface area contributed by atoms with Crippen molar-refractivity contribution in [2.24, 2.45) is 0 Å². The number of carbonyl (C=O) groups excluding carboxylic acids is 2. The van der Waals surface area contributed by atoms with Gasteiger partial charge in [0.2, 0.25) is 11.8 Å². The normalized spacial score (nSPS) is 10.1. The Morgan fingerprint density at radius 2 is 1.64 bits per heavy atom. The smallest absolute Gasteiger partial charge is 0.223 e. The molecule has 2 rings (SSSR count). The maximum Gasteiger partial charge on any atom is 0.223 e. The summed E-state index contributed by atoms with van der Waals surface area (Å²) in [5.41, 5.74) is 1.07. The van der Waals surface area contributed by atoms with Gasteiger partial charge in [-0.2, -0.15) is 0 Å². The number of ether oxygens (including phenoxy) is 1. The second-order valence-electron chi connectivity index (χ2n) is 5.69. The number of benzene rings is 2. The van der Waals surface area contributed by atoms with Crippen LogP contribution in [0.3, 0.4) is 0 Å². The Bertz CT molecular complexity index is 659. The zero-order valence-electron chi connectivity index (χ0n) is 14.5. The van der Waals surface area contributed by atoms with Gasteiger partial charge < -0.3 is 15.0 Å². The molecule has 0 atom stereocenters. The van der Waals surface area contributed by atoms with Crippen molar-refractivity contribution >= 4 is 11.8 Å². The van der Waals surface area contributed by atoms with Crippen molar-refractivity contribution < 1.29 is 14.3 Å². The summed E-state index contributed by atoms with van der Waals surface area (Å²) in [6, 6.07) is 19.2. The molecule has 132 valence electrons. The second kappa shape index (κ2) is 10.1. The fraction of sp³-hybridized carbons (Fsp3) is 0.300. The molecule has 0 aromatic heterocycles. The van der Waals surface area contributed by atoms with Crippen LogP contribution in [0.25, 0.3) is 0 Å². The van der Waals surface area contributed by atoms with Crippen LogP contribution >= 0.6 is 0 Å². The third-order valence-electron chi connectivity index (χ3n) is 3.71. The third-order valence-corrected chi connectivity index (χ3v) is 3.71. The van der Waals surface area contributed by atoms with Crippen LogP contribution in [0.2, 0.25) is 0 Å². The largest absolute Gasteiger partial charge is 0.493 e. The Morgan fingerprint density at radius 3 is 2.28 bits per heavy atom. The Balaban J connectivity index is 1.66. The van der Waals surface area contributed by atoms with Gasteiger partial charge in [0.25, 0.3) is 0 Å². The average Bonchev–Trinajstić information content (AvgIpc) is 2.62. The van der Waals surface area contributed by atoms with Crippen LogP contribution in [0.15, 0.2) is 60.7 Å². The van der Waals surface area contributed by atoms with Gasteiger partial charge in [0, 0.05) is 26.6 Å². The van der Waals surface area contributed by atoms with Crippen LogP contribution in [0.4, 0.5) is 0 Å². The lowest BCUT2D eigenvalue weighted by Crippen LogP contribution is -2.37. The summed E-state index contributed by atoms with van der Waals surface area (Å²) in [5, 5.41) is 2.83. The van der Waals surface area contributed by atoms with Crippen LogP contribution < -0.4 is 10.1 Å². The summed E-state index contributed by atoms with van der Waals surface area (Å²) in [4.78, 5) is 25.3. The summed E-state index contributed by atoms with van der Waals surface area (Å²) in [6.45, 7) is 3.32. The number of hydrogen-bond donors (Lipinski definition) is 1. The lowest BCUT2D eigenvalue weighted by Gasteiger charge is -2.21. The number of amides is 2. The number of nitrogens with one attached hydrogen (secondary N) is 1. The second-order valence-corrected chi connectivity index (χ2v) is 5.69. The van der Waals surface area contributed by atoms with Gasteiger partial charge in [0.1, 0.15) is 5.75 Å². The first-order chi connectivity index (χ1) is 12.1. The van der Waals surface area contributed by atoms with E-state index in [2.05, 4.69) is 5.32 Å². The molecule has 2 aromatic rings. The van der Waals surface area contributed by atoms with Crippen molar-refractivity contribution in [1.82, 2.24) is 10.2 Å². The molecular formula is C20H24N2O3.